The molecule has 1 aliphatic heterocycles. The highest BCUT2D eigenvalue weighted by Gasteiger charge is 2.34. The quantitative estimate of drug-likeness (QED) is 0.838. The molecule has 3 rings (SSSR count). The van der Waals surface area contributed by atoms with Crippen molar-refractivity contribution in [2.75, 3.05) is 11.4 Å². The summed E-state index contributed by atoms with van der Waals surface area (Å²) in [5.74, 6) is -0.541. The van der Waals surface area contributed by atoms with Crippen molar-refractivity contribution in [2.24, 2.45) is 0 Å². The number of hydrogen-bond acceptors (Lipinski definition) is 3. The molecule has 2 aromatic rings. The standard InChI is InChI=1S/C18H18ClNO3S/c1-13(24(22,23)12-14-6-8-16(19)9-7-14)18(21)20-11-10-15-4-2-3-5-17(15)20/h2-9,13H,10-12H2,1H3/t13-/m1/s1. The Morgan fingerprint density at radius 3 is 2.54 bits per heavy atom. The minimum absolute atomic E-state index is 0.174. The Kier molecular flexibility index (Phi) is 4.65. The fraction of sp³-hybridized carbons (Fsp3) is 0.278. The smallest absolute Gasteiger partial charge is 0.245 e. The summed E-state index contributed by atoms with van der Waals surface area (Å²) < 4.78 is 25.2. The first-order chi connectivity index (χ1) is 11.4. The van der Waals surface area contributed by atoms with Gasteiger partial charge in [-0.2, -0.15) is 0 Å². The van der Waals surface area contributed by atoms with Gasteiger partial charge >= 0.3 is 0 Å². The molecule has 0 N–H and O–H groups in total. The van der Waals surface area contributed by atoms with Crippen molar-refractivity contribution in [1.82, 2.24) is 0 Å². The number of sulfone groups is 1. The van der Waals surface area contributed by atoms with Crippen LogP contribution in [0.25, 0.3) is 0 Å². The first-order valence-electron chi connectivity index (χ1n) is 7.74. The summed E-state index contributed by atoms with van der Waals surface area (Å²) in [6.07, 6.45) is 0.756. The molecular weight excluding hydrogens is 346 g/mol. The summed E-state index contributed by atoms with van der Waals surface area (Å²) >= 11 is 5.82. The van der Waals surface area contributed by atoms with Crippen molar-refractivity contribution in [3.05, 3.63) is 64.7 Å². The zero-order chi connectivity index (χ0) is 17.3. The number of carbonyl (C=O) groups excluding carboxylic acids is 1. The molecule has 0 fully saturated rings. The number of nitrogens with zero attached hydrogens (tertiary/aromatic N) is 1. The Labute approximate surface area is 147 Å². The molecule has 1 aliphatic rings. The van der Waals surface area contributed by atoms with Gasteiger partial charge in [0.2, 0.25) is 5.91 Å². The molecule has 1 amide bonds. The van der Waals surface area contributed by atoms with Crippen LogP contribution in [0.5, 0.6) is 0 Å². The third kappa shape index (κ3) is 3.32. The lowest BCUT2D eigenvalue weighted by atomic mass is 10.2. The van der Waals surface area contributed by atoms with E-state index in [1.807, 2.05) is 24.3 Å². The van der Waals surface area contributed by atoms with Crippen molar-refractivity contribution >= 4 is 33.0 Å². The van der Waals surface area contributed by atoms with E-state index in [1.54, 1.807) is 29.2 Å². The number of amides is 1. The number of benzene rings is 2. The molecule has 0 aromatic heterocycles. The van der Waals surface area contributed by atoms with E-state index in [1.165, 1.54) is 6.92 Å². The van der Waals surface area contributed by atoms with Crippen LogP contribution in [0.15, 0.2) is 48.5 Å². The van der Waals surface area contributed by atoms with E-state index in [2.05, 4.69) is 0 Å². The van der Waals surface area contributed by atoms with Crippen LogP contribution in [0.2, 0.25) is 5.02 Å². The predicted octanol–water partition coefficient (Wildman–Crippen LogP) is 3.23. The van der Waals surface area contributed by atoms with E-state index in [9.17, 15) is 13.2 Å². The molecule has 24 heavy (non-hydrogen) atoms. The van der Waals surface area contributed by atoms with Gasteiger partial charge < -0.3 is 4.90 Å². The van der Waals surface area contributed by atoms with Gasteiger partial charge in [-0.05, 0) is 42.7 Å². The number of carbonyl (C=O) groups is 1. The number of halogens is 1. The number of anilines is 1. The summed E-state index contributed by atoms with van der Waals surface area (Å²) in [5.41, 5.74) is 2.52. The second-order valence-corrected chi connectivity index (χ2v) is 8.70. The molecule has 1 atom stereocenters. The van der Waals surface area contributed by atoms with Gasteiger partial charge in [0.05, 0.1) is 5.75 Å². The average Bonchev–Trinajstić information content (AvgIpc) is 2.99. The first kappa shape index (κ1) is 17.0. The lowest BCUT2D eigenvalue weighted by molar-refractivity contribution is -0.117. The Balaban J connectivity index is 1.79. The maximum Gasteiger partial charge on any atom is 0.245 e. The highest BCUT2D eigenvalue weighted by atomic mass is 35.5. The third-order valence-electron chi connectivity index (χ3n) is 4.32. The van der Waals surface area contributed by atoms with Crippen LogP contribution in [0.1, 0.15) is 18.1 Å². The van der Waals surface area contributed by atoms with Gasteiger partial charge in [-0.1, -0.05) is 41.9 Å². The topological polar surface area (TPSA) is 54.5 Å². The fourth-order valence-corrected chi connectivity index (χ4v) is 4.35. The maximum absolute atomic E-state index is 12.7. The summed E-state index contributed by atoms with van der Waals surface area (Å²) in [7, 11) is -3.60. The summed E-state index contributed by atoms with van der Waals surface area (Å²) in [5, 5.41) is -0.534. The molecule has 0 unspecified atom stereocenters. The van der Waals surface area contributed by atoms with E-state index in [0.29, 0.717) is 17.1 Å². The van der Waals surface area contributed by atoms with Crippen LogP contribution in [0.3, 0.4) is 0 Å². The molecule has 0 saturated carbocycles. The minimum atomic E-state index is -3.60. The fourth-order valence-electron chi connectivity index (χ4n) is 2.88. The van der Waals surface area contributed by atoms with E-state index >= 15 is 0 Å². The zero-order valence-electron chi connectivity index (χ0n) is 13.3. The largest absolute Gasteiger partial charge is 0.311 e. The van der Waals surface area contributed by atoms with Crippen LogP contribution in [0.4, 0.5) is 5.69 Å². The first-order valence-corrected chi connectivity index (χ1v) is 9.83. The third-order valence-corrected chi connectivity index (χ3v) is 6.59. The van der Waals surface area contributed by atoms with Crippen LogP contribution in [0, 0.1) is 0 Å². The van der Waals surface area contributed by atoms with E-state index in [-0.39, 0.29) is 11.7 Å². The average molecular weight is 364 g/mol. The predicted molar refractivity (Wildman–Crippen MR) is 96.0 cm³/mol. The number of hydrogen-bond donors (Lipinski definition) is 0. The Bertz CT molecular complexity index is 862. The molecule has 4 nitrogen and oxygen atoms in total. The van der Waals surface area contributed by atoms with Gasteiger partial charge in [0.15, 0.2) is 9.84 Å². The molecule has 2 aromatic carbocycles. The van der Waals surface area contributed by atoms with Crippen LogP contribution < -0.4 is 4.90 Å². The monoisotopic (exact) mass is 363 g/mol. The van der Waals surface area contributed by atoms with Gasteiger partial charge in [-0.25, -0.2) is 8.42 Å². The SMILES string of the molecule is C[C@H](C(=O)N1CCc2ccccc21)S(=O)(=O)Cc1ccc(Cl)cc1. The van der Waals surface area contributed by atoms with Gasteiger partial charge in [-0.3, -0.25) is 4.79 Å². The number of para-hydroxylation sites is 1. The molecule has 0 radical (unpaired) electrons. The van der Waals surface area contributed by atoms with Gasteiger partial charge in [0.1, 0.15) is 5.25 Å². The van der Waals surface area contributed by atoms with Gasteiger partial charge in [-0.15, -0.1) is 0 Å². The second kappa shape index (κ2) is 6.57. The lowest BCUT2D eigenvalue weighted by Crippen LogP contribution is -2.41. The van der Waals surface area contributed by atoms with Crippen molar-refractivity contribution in [2.45, 2.75) is 24.3 Å². The van der Waals surface area contributed by atoms with Crippen molar-refractivity contribution < 1.29 is 13.2 Å². The van der Waals surface area contributed by atoms with E-state index < -0.39 is 15.1 Å². The molecule has 0 spiro atoms. The Morgan fingerprint density at radius 1 is 1.17 bits per heavy atom. The Morgan fingerprint density at radius 2 is 1.83 bits per heavy atom. The van der Waals surface area contributed by atoms with Crippen LogP contribution >= 0.6 is 11.6 Å². The molecule has 6 heteroatoms. The van der Waals surface area contributed by atoms with Crippen molar-refractivity contribution in [1.29, 1.82) is 0 Å². The Hall–Kier alpha value is -1.85. The highest BCUT2D eigenvalue weighted by Crippen LogP contribution is 2.29. The maximum atomic E-state index is 12.7. The van der Waals surface area contributed by atoms with Gasteiger partial charge in [0, 0.05) is 17.3 Å². The molecule has 0 bridgehead atoms. The molecule has 1 heterocycles. The summed E-state index contributed by atoms with van der Waals surface area (Å²) in [6, 6.07) is 14.2. The number of rotatable bonds is 4. The van der Waals surface area contributed by atoms with Crippen LogP contribution in [-0.2, 0) is 26.8 Å². The van der Waals surface area contributed by atoms with E-state index in [0.717, 1.165) is 17.7 Å². The normalized spacial score (nSPS) is 15.2. The summed E-state index contributed by atoms with van der Waals surface area (Å²) in [6.45, 7) is 1.99. The highest BCUT2D eigenvalue weighted by molar-refractivity contribution is 7.92. The van der Waals surface area contributed by atoms with Crippen molar-refractivity contribution in [3.63, 3.8) is 0 Å². The molecule has 126 valence electrons. The zero-order valence-corrected chi connectivity index (χ0v) is 14.8. The van der Waals surface area contributed by atoms with Gasteiger partial charge in [0.25, 0.3) is 0 Å². The lowest BCUT2D eigenvalue weighted by Gasteiger charge is -2.21. The van der Waals surface area contributed by atoms with E-state index in [4.69, 9.17) is 11.6 Å². The molecule has 0 aliphatic carbocycles. The van der Waals surface area contributed by atoms with Crippen LogP contribution in [-0.4, -0.2) is 26.1 Å². The molecule has 0 saturated heterocycles. The number of fused-ring (bicyclic) bond motifs is 1. The minimum Gasteiger partial charge on any atom is -0.311 e. The van der Waals surface area contributed by atoms with Crippen molar-refractivity contribution in [3.8, 4) is 0 Å². The molecular formula is C18H18ClNO3S. The summed E-state index contributed by atoms with van der Waals surface area (Å²) in [4.78, 5) is 14.3. The second-order valence-electron chi connectivity index (χ2n) is 5.94.